The number of sulfonamides is 1. The first-order chi connectivity index (χ1) is 13.3. The average molecular weight is 411 g/mol. The Labute approximate surface area is 169 Å². The highest BCUT2D eigenvalue weighted by Gasteiger charge is 2.29. The van der Waals surface area contributed by atoms with Crippen LogP contribution in [0.15, 0.2) is 29.2 Å². The van der Waals surface area contributed by atoms with Crippen molar-refractivity contribution in [2.75, 3.05) is 26.8 Å². The number of benzene rings is 1. The molecule has 0 spiro atoms. The van der Waals surface area contributed by atoms with Crippen LogP contribution in [0.3, 0.4) is 0 Å². The number of hydrogen-bond donors (Lipinski definition) is 1. The molecule has 1 fully saturated rings. The van der Waals surface area contributed by atoms with E-state index in [9.17, 15) is 13.2 Å². The van der Waals surface area contributed by atoms with Crippen LogP contribution in [0, 0.1) is 5.92 Å². The van der Waals surface area contributed by atoms with Gasteiger partial charge in [-0.25, -0.2) is 8.42 Å². The quantitative estimate of drug-likeness (QED) is 0.600. The van der Waals surface area contributed by atoms with Gasteiger partial charge in [0.15, 0.2) is 0 Å². The third-order valence-electron chi connectivity index (χ3n) is 5.06. The summed E-state index contributed by atoms with van der Waals surface area (Å²) in [4.78, 5) is 12.6. The molecule has 158 valence electrons. The van der Waals surface area contributed by atoms with Crippen molar-refractivity contribution >= 4 is 15.9 Å². The second kappa shape index (κ2) is 10.9. The molecule has 0 heterocycles. The lowest BCUT2D eigenvalue weighted by Gasteiger charge is -2.30. The number of carbonyl (C=O) groups excluding carboxylic acids is 1. The zero-order valence-electron chi connectivity index (χ0n) is 17.3. The summed E-state index contributed by atoms with van der Waals surface area (Å²) >= 11 is 0. The maximum atomic E-state index is 13.0. The number of rotatable bonds is 10. The SMILES string of the molecule is CC(C)COCCCNC(=O)c1cccc(S(=O)(=O)N(C)C2CCCCC2)c1. The minimum atomic E-state index is -3.60. The third-order valence-corrected chi connectivity index (χ3v) is 6.97. The first kappa shape index (κ1) is 22.8. The second-order valence-electron chi connectivity index (χ2n) is 7.92. The predicted octanol–water partition coefficient (Wildman–Crippen LogP) is 3.43. The Morgan fingerprint density at radius 3 is 2.64 bits per heavy atom. The van der Waals surface area contributed by atoms with Gasteiger partial charge in [-0.1, -0.05) is 39.2 Å². The highest BCUT2D eigenvalue weighted by molar-refractivity contribution is 7.89. The number of amides is 1. The minimum absolute atomic E-state index is 0.0436. The van der Waals surface area contributed by atoms with Gasteiger partial charge in [-0.15, -0.1) is 0 Å². The largest absolute Gasteiger partial charge is 0.381 e. The Morgan fingerprint density at radius 1 is 1.25 bits per heavy atom. The fourth-order valence-electron chi connectivity index (χ4n) is 3.40. The van der Waals surface area contributed by atoms with E-state index in [1.807, 2.05) is 0 Å². The number of hydrogen-bond acceptors (Lipinski definition) is 4. The van der Waals surface area contributed by atoms with E-state index in [0.717, 1.165) is 32.1 Å². The summed E-state index contributed by atoms with van der Waals surface area (Å²) in [5.41, 5.74) is 0.362. The molecule has 1 aliphatic carbocycles. The van der Waals surface area contributed by atoms with Crippen LogP contribution < -0.4 is 5.32 Å². The average Bonchev–Trinajstić information content (AvgIpc) is 2.70. The van der Waals surface area contributed by atoms with Crippen molar-refractivity contribution in [1.82, 2.24) is 9.62 Å². The molecule has 1 aliphatic rings. The highest BCUT2D eigenvalue weighted by Crippen LogP contribution is 2.26. The minimum Gasteiger partial charge on any atom is -0.381 e. The summed E-state index contributed by atoms with van der Waals surface area (Å²) in [5.74, 6) is 0.229. The third kappa shape index (κ3) is 6.57. The molecule has 0 atom stereocenters. The summed E-state index contributed by atoms with van der Waals surface area (Å²) in [6.07, 6.45) is 5.81. The van der Waals surface area contributed by atoms with Crippen LogP contribution in [-0.4, -0.2) is 51.5 Å². The number of carbonyl (C=O) groups is 1. The van der Waals surface area contributed by atoms with E-state index in [0.29, 0.717) is 31.2 Å². The van der Waals surface area contributed by atoms with E-state index in [1.54, 1.807) is 25.2 Å². The Balaban J connectivity index is 1.93. The van der Waals surface area contributed by atoms with Gasteiger partial charge in [0.25, 0.3) is 5.91 Å². The van der Waals surface area contributed by atoms with Crippen LogP contribution in [0.1, 0.15) is 62.7 Å². The van der Waals surface area contributed by atoms with Crippen LogP contribution in [0.25, 0.3) is 0 Å². The van der Waals surface area contributed by atoms with Gasteiger partial charge in [0.05, 0.1) is 4.90 Å². The maximum absolute atomic E-state index is 13.0. The molecule has 2 rings (SSSR count). The van der Waals surface area contributed by atoms with Crippen molar-refractivity contribution in [3.05, 3.63) is 29.8 Å². The molecule has 0 unspecified atom stereocenters. The van der Waals surface area contributed by atoms with Crippen LogP contribution in [0.2, 0.25) is 0 Å². The number of nitrogens with one attached hydrogen (secondary N) is 1. The van der Waals surface area contributed by atoms with Crippen LogP contribution in [0.4, 0.5) is 0 Å². The van der Waals surface area contributed by atoms with Gasteiger partial charge in [-0.3, -0.25) is 4.79 Å². The van der Waals surface area contributed by atoms with Crippen LogP contribution in [-0.2, 0) is 14.8 Å². The topological polar surface area (TPSA) is 75.7 Å². The lowest BCUT2D eigenvalue weighted by molar-refractivity contribution is 0.0924. The first-order valence-corrected chi connectivity index (χ1v) is 11.7. The van der Waals surface area contributed by atoms with Crippen LogP contribution >= 0.6 is 0 Å². The van der Waals surface area contributed by atoms with E-state index in [4.69, 9.17) is 4.74 Å². The summed E-state index contributed by atoms with van der Waals surface area (Å²) in [6, 6.07) is 6.35. The number of ether oxygens (including phenoxy) is 1. The van der Waals surface area contributed by atoms with Crippen molar-refractivity contribution in [2.24, 2.45) is 5.92 Å². The number of nitrogens with zero attached hydrogens (tertiary/aromatic N) is 1. The maximum Gasteiger partial charge on any atom is 0.251 e. The molecular weight excluding hydrogens is 376 g/mol. The summed E-state index contributed by atoms with van der Waals surface area (Å²) in [7, 11) is -1.95. The van der Waals surface area contributed by atoms with Gasteiger partial charge < -0.3 is 10.1 Å². The molecule has 1 aromatic rings. The Bertz CT molecular complexity index is 728. The molecule has 6 nitrogen and oxygen atoms in total. The molecule has 28 heavy (non-hydrogen) atoms. The lowest BCUT2D eigenvalue weighted by Crippen LogP contribution is -2.38. The molecule has 0 aliphatic heterocycles. The van der Waals surface area contributed by atoms with E-state index < -0.39 is 10.0 Å². The summed E-state index contributed by atoms with van der Waals surface area (Å²) in [6.45, 7) is 5.99. The summed E-state index contributed by atoms with van der Waals surface area (Å²) in [5, 5.41) is 2.83. The molecule has 1 amide bonds. The summed E-state index contributed by atoms with van der Waals surface area (Å²) < 4.78 is 32.9. The van der Waals surface area contributed by atoms with Gasteiger partial charge in [-0.2, -0.15) is 4.31 Å². The molecule has 0 saturated heterocycles. The fourth-order valence-corrected chi connectivity index (χ4v) is 4.86. The van der Waals surface area contributed by atoms with Crippen LogP contribution in [0.5, 0.6) is 0 Å². The van der Waals surface area contributed by atoms with E-state index in [1.165, 1.54) is 16.8 Å². The van der Waals surface area contributed by atoms with Crippen molar-refractivity contribution in [2.45, 2.75) is 63.3 Å². The van der Waals surface area contributed by atoms with Gasteiger partial charge >= 0.3 is 0 Å². The molecular formula is C21H34N2O4S. The lowest BCUT2D eigenvalue weighted by atomic mass is 9.96. The molecule has 7 heteroatoms. The Morgan fingerprint density at radius 2 is 1.96 bits per heavy atom. The van der Waals surface area contributed by atoms with Gasteiger partial charge in [0.1, 0.15) is 0 Å². The van der Waals surface area contributed by atoms with Crippen molar-refractivity contribution < 1.29 is 17.9 Å². The zero-order valence-corrected chi connectivity index (χ0v) is 18.1. The first-order valence-electron chi connectivity index (χ1n) is 10.3. The fraction of sp³-hybridized carbons (Fsp3) is 0.667. The molecule has 0 bridgehead atoms. The second-order valence-corrected chi connectivity index (χ2v) is 9.92. The normalized spacial score (nSPS) is 15.9. The van der Waals surface area contributed by atoms with Crippen molar-refractivity contribution in [3.63, 3.8) is 0 Å². The van der Waals surface area contributed by atoms with Crippen molar-refractivity contribution in [3.8, 4) is 0 Å². The van der Waals surface area contributed by atoms with Gasteiger partial charge in [0, 0.05) is 38.4 Å². The molecule has 0 radical (unpaired) electrons. The van der Waals surface area contributed by atoms with E-state index in [2.05, 4.69) is 19.2 Å². The monoisotopic (exact) mass is 410 g/mol. The Kier molecular flexibility index (Phi) is 8.92. The zero-order chi connectivity index (χ0) is 20.6. The van der Waals surface area contributed by atoms with Gasteiger partial charge in [0.2, 0.25) is 10.0 Å². The molecule has 1 saturated carbocycles. The molecule has 0 aromatic heterocycles. The predicted molar refractivity (Wildman–Crippen MR) is 111 cm³/mol. The molecule has 1 aromatic carbocycles. The highest BCUT2D eigenvalue weighted by atomic mass is 32.2. The standard InChI is InChI=1S/C21H34N2O4S/c1-17(2)16-27-14-8-13-22-21(24)18-9-7-12-20(15-18)28(25,26)23(3)19-10-5-4-6-11-19/h7,9,12,15,17,19H,4-6,8,10-11,13-14,16H2,1-3H3,(H,22,24). The van der Waals surface area contributed by atoms with E-state index >= 15 is 0 Å². The smallest absolute Gasteiger partial charge is 0.251 e. The molecule has 1 N–H and O–H groups in total. The van der Waals surface area contributed by atoms with Gasteiger partial charge in [-0.05, 0) is 43.4 Å². The van der Waals surface area contributed by atoms with Crippen molar-refractivity contribution in [1.29, 1.82) is 0 Å². The Hall–Kier alpha value is -1.44. The van der Waals surface area contributed by atoms with E-state index in [-0.39, 0.29) is 16.8 Å².